The number of aromatic nitrogens is 1. The van der Waals surface area contributed by atoms with Gasteiger partial charge in [-0.25, -0.2) is 4.79 Å². The molecule has 0 radical (unpaired) electrons. The molecule has 0 bridgehead atoms. The maximum absolute atomic E-state index is 11.8. The highest BCUT2D eigenvalue weighted by Gasteiger charge is 2.31. The average Bonchev–Trinajstić information content (AvgIpc) is 3.28. The predicted molar refractivity (Wildman–Crippen MR) is 126 cm³/mol. The fourth-order valence-electron chi connectivity index (χ4n) is 4.96. The van der Waals surface area contributed by atoms with Gasteiger partial charge in [0.05, 0.1) is 30.4 Å². The van der Waals surface area contributed by atoms with Crippen molar-refractivity contribution in [2.24, 2.45) is 0 Å². The minimum Gasteiger partial charge on any atom is -0.496 e. The Morgan fingerprint density at radius 2 is 2.03 bits per heavy atom. The number of benzene rings is 2. The first-order valence-electron chi connectivity index (χ1n) is 11.2. The third-order valence-corrected chi connectivity index (χ3v) is 6.51. The molecule has 3 aromatic rings. The normalized spacial score (nSPS) is 18.8. The summed E-state index contributed by atoms with van der Waals surface area (Å²) >= 11 is 0. The molecule has 1 aliphatic heterocycles. The molecule has 33 heavy (non-hydrogen) atoms. The molecule has 0 unspecified atom stereocenters. The summed E-state index contributed by atoms with van der Waals surface area (Å²) in [5.41, 5.74) is 4.31. The van der Waals surface area contributed by atoms with E-state index in [2.05, 4.69) is 11.0 Å². The van der Waals surface area contributed by atoms with Gasteiger partial charge in [0.2, 0.25) is 0 Å². The van der Waals surface area contributed by atoms with Gasteiger partial charge < -0.3 is 14.6 Å². The molecule has 4 rings (SSSR count). The average molecular weight is 448 g/mol. The first kappa shape index (κ1) is 22.8. The lowest BCUT2D eigenvalue weighted by atomic mass is 9.91. The second-order valence-corrected chi connectivity index (χ2v) is 8.43. The number of fused-ring (bicyclic) bond motifs is 1. The molecule has 1 aromatic heterocycles. The standard InChI is InChI=1S/C26H29N3O4/c1-4-33-20-9-11-28(23(14-20)19-7-5-18(15-27)6-8-19)16-22-21-10-12-29(26(30)31)25(21)17(2)13-24(22)32-3/h5-8,10,12-13,20,23H,4,9,11,14,16H2,1-3H3,(H,30,31)/t20-,23-/m0/s1. The summed E-state index contributed by atoms with van der Waals surface area (Å²) in [6, 6.07) is 13.8. The maximum atomic E-state index is 11.8. The van der Waals surface area contributed by atoms with E-state index < -0.39 is 6.09 Å². The van der Waals surface area contributed by atoms with Crippen LogP contribution in [0.5, 0.6) is 5.75 Å². The summed E-state index contributed by atoms with van der Waals surface area (Å²) < 4.78 is 13.0. The SMILES string of the molecule is CCO[C@H]1CCN(Cc2c(OC)cc(C)c3c2ccn3C(=O)O)[C@H](c2ccc(C#N)cc2)C1. The van der Waals surface area contributed by atoms with E-state index in [4.69, 9.17) is 9.47 Å². The van der Waals surface area contributed by atoms with Crippen LogP contribution in [0.4, 0.5) is 4.79 Å². The van der Waals surface area contributed by atoms with E-state index in [1.165, 1.54) is 4.57 Å². The van der Waals surface area contributed by atoms with Crippen LogP contribution >= 0.6 is 0 Å². The van der Waals surface area contributed by atoms with Crippen LogP contribution in [-0.2, 0) is 11.3 Å². The minimum atomic E-state index is -1.00. The monoisotopic (exact) mass is 447 g/mol. The molecule has 7 nitrogen and oxygen atoms in total. The van der Waals surface area contributed by atoms with Crippen LogP contribution in [0.2, 0.25) is 0 Å². The smallest absolute Gasteiger partial charge is 0.416 e. The van der Waals surface area contributed by atoms with Crippen LogP contribution in [-0.4, -0.2) is 47.0 Å². The number of ether oxygens (including phenoxy) is 2. The van der Waals surface area contributed by atoms with Gasteiger partial charge in [0.25, 0.3) is 0 Å². The summed E-state index contributed by atoms with van der Waals surface area (Å²) in [7, 11) is 1.65. The molecule has 7 heteroatoms. The summed E-state index contributed by atoms with van der Waals surface area (Å²) in [4.78, 5) is 14.2. The number of methoxy groups -OCH3 is 1. The number of aryl methyl sites for hydroxylation is 1. The number of carbonyl (C=O) groups is 1. The number of piperidine rings is 1. The van der Waals surface area contributed by atoms with Gasteiger partial charge in [0, 0.05) is 42.9 Å². The quantitative estimate of drug-likeness (QED) is 0.566. The predicted octanol–water partition coefficient (Wildman–Crippen LogP) is 5.10. The van der Waals surface area contributed by atoms with Crippen molar-refractivity contribution in [3.63, 3.8) is 0 Å². The fourth-order valence-corrected chi connectivity index (χ4v) is 4.96. The van der Waals surface area contributed by atoms with Crippen LogP contribution in [0.25, 0.3) is 10.9 Å². The van der Waals surface area contributed by atoms with Crippen molar-refractivity contribution in [2.75, 3.05) is 20.3 Å². The van der Waals surface area contributed by atoms with Gasteiger partial charge in [-0.1, -0.05) is 12.1 Å². The molecule has 2 aromatic carbocycles. The Morgan fingerprint density at radius 1 is 1.27 bits per heavy atom. The Morgan fingerprint density at radius 3 is 2.67 bits per heavy atom. The van der Waals surface area contributed by atoms with E-state index in [9.17, 15) is 15.2 Å². The Labute approximate surface area is 193 Å². The fraction of sp³-hybridized carbons (Fsp3) is 0.385. The number of hydrogen-bond acceptors (Lipinski definition) is 5. The molecule has 0 amide bonds. The number of hydrogen-bond donors (Lipinski definition) is 1. The van der Waals surface area contributed by atoms with Crippen LogP contribution < -0.4 is 4.74 Å². The van der Waals surface area contributed by atoms with Gasteiger partial charge in [0.15, 0.2) is 0 Å². The highest BCUT2D eigenvalue weighted by molar-refractivity contribution is 5.94. The summed E-state index contributed by atoms with van der Waals surface area (Å²) in [5, 5.41) is 19.7. The number of carboxylic acid groups (broad SMARTS) is 1. The zero-order chi connectivity index (χ0) is 23.5. The van der Waals surface area contributed by atoms with E-state index in [1.54, 1.807) is 13.3 Å². The van der Waals surface area contributed by atoms with Gasteiger partial charge in [-0.05, 0) is 62.1 Å². The van der Waals surface area contributed by atoms with Crippen molar-refractivity contribution in [3.8, 4) is 11.8 Å². The van der Waals surface area contributed by atoms with E-state index >= 15 is 0 Å². The van der Waals surface area contributed by atoms with Gasteiger partial charge in [-0.2, -0.15) is 5.26 Å². The summed E-state index contributed by atoms with van der Waals surface area (Å²) in [6.45, 7) is 6.06. The molecular weight excluding hydrogens is 418 g/mol. The number of nitriles is 1. The Bertz CT molecular complexity index is 1190. The largest absolute Gasteiger partial charge is 0.496 e. The molecule has 172 valence electrons. The molecule has 1 N–H and O–H groups in total. The first-order chi connectivity index (χ1) is 16.0. The van der Waals surface area contributed by atoms with Crippen LogP contribution in [0.15, 0.2) is 42.6 Å². The van der Waals surface area contributed by atoms with Crippen LogP contribution in [0, 0.1) is 18.3 Å². The van der Waals surface area contributed by atoms with Crippen molar-refractivity contribution in [3.05, 3.63) is 64.8 Å². The van der Waals surface area contributed by atoms with E-state index in [-0.39, 0.29) is 12.1 Å². The van der Waals surface area contributed by atoms with E-state index in [1.807, 2.05) is 50.2 Å². The van der Waals surface area contributed by atoms with Crippen LogP contribution in [0.3, 0.4) is 0 Å². The summed E-state index contributed by atoms with van der Waals surface area (Å²) in [6.07, 6.45) is 2.56. The molecule has 0 spiro atoms. The van der Waals surface area contributed by atoms with Gasteiger partial charge in [0.1, 0.15) is 5.75 Å². The first-order valence-corrected chi connectivity index (χ1v) is 11.2. The Hall–Kier alpha value is -3.34. The lowest BCUT2D eigenvalue weighted by Crippen LogP contribution is -2.39. The second-order valence-electron chi connectivity index (χ2n) is 8.43. The highest BCUT2D eigenvalue weighted by Crippen LogP contribution is 2.38. The second kappa shape index (κ2) is 9.65. The lowest BCUT2D eigenvalue weighted by molar-refractivity contribution is -0.0138. The number of nitrogens with zero attached hydrogens (tertiary/aromatic N) is 3. The zero-order valence-corrected chi connectivity index (χ0v) is 19.2. The minimum absolute atomic E-state index is 0.116. The lowest BCUT2D eigenvalue weighted by Gasteiger charge is -2.40. The van der Waals surface area contributed by atoms with E-state index in [0.717, 1.165) is 47.2 Å². The van der Waals surface area contributed by atoms with Gasteiger partial charge >= 0.3 is 6.09 Å². The maximum Gasteiger partial charge on any atom is 0.416 e. The van der Waals surface area contributed by atoms with Crippen molar-refractivity contribution < 1.29 is 19.4 Å². The van der Waals surface area contributed by atoms with Crippen molar-refractivity contribution in [2.45, 2.75) is 45.4 Å². The third-order valence-electron chi connectivity index (χ3n) is 6.51. The zero-order valence-electron chi connectivity index (χ0n) is 19.2. The molecule has 2 atom stereocenters. The topological polar surface area (TPSA) is 87.7 Å². The molecule has 1 aliphatic rings. The van der Waals surface area contributed by atoms with Gasteiger partial charge in [-0.15, -0.1) is 0 Å². The summed E-state index contributed by atoms with van der Waals surface area (Å²) in [5.74, 6) is 0.758. The highest BCUT2D eigenvalue weighted by atomic mass is 16.5. The molecule has 0 saturated carbocycles. The molecule has 1 fully saturated rings. The Kier molecular flexibility index (Phi) is 6.68. The van der Waals surface area contributed by atoms with Crippen molar-refractivity contribution >= 4 is 17.0 Å². The van der Waals surface area contributed by atoms with Crippen molar-refractivity contribution in [1.82, 2.24) is 9.47 Å². The molecule has 0 aliphatic carbocycles. The third kappa shape index (κ3) is 4.45. The number of likely N-dealkylation sites (tertiary alicyclic amines) is 1. The number of rotatable bonds is 6. The molecule has 1 saturated heterocycles. The van der Waals surface area contributed by atoms with Crippen molar-refractivity contribution in [1.29, 1.82) is 5.26 Å². The van der Waals surface area contributed by atoms with Gasteiger partial charge in [-0.3, -0.25) is 9.47 Å². The van der Waals surface area contributed by atoms with Crippen LogP contribution in [0.1, 0.15) is 48.1 Å². The molecular formula is C26H29N3O4. The molecule has 2 heterocycles. The Balaban J connectivity index is 1.74. The van der Waals surface area contributed by atoms with E-state index in [0.29, 0.717) is 24.2 Å².